The molecule has 1 heterocycles. The van der Waals surface area contributed by atoms with Crippen LogP contribution in [0, 0.1) is 5.92 Å². The Bertz CT molecular complexity index is 399. The predicted octanol–water partition coefficient (Wildman–Crippen LogP) is 1.76. The van der Waals surface area contributed by atoms with Crippen LogP contribution in [0.25, 0.3) is 0 Å². The van der Waals surface area contributed by atoms with Crippen LogP contribution >= 0.6 is 0 Å². The minimum absolute atomic E-state index is 0.0377. The molecule has 0 aliphatic heterocycles. The molecule has 1 rings (SSSR count). The number of nitrogens with zero attached hydrogens (tertiary/aromatic N) is 3. The van der Waals surface area contributed by atoms with Crippen LogP contribution in [0.4, 0.5) is 4.79 Å². The number of methoxy groups -OCH3 is 1. The first-order chi connectivity index (χ1) is 9.12. The van der Waals surface area contributed by atoms with E-state index in [9.17, 15) is 9.59 Å². The molecular formula is C13H21N3O3. The summed E-state index contributed by atoms with van der Waals surface area (Å²) in [5.74, 6) is -0.0449. The van der Waals surface area contributed by atoms with Crippen molar-refractivity contribution in [1.82, 2.24) is 14.5 Å². The van der Waals surface area contributed by atoms with Gasteiger partial charge in [0.2, 0.25) is 0 Å². The largest absolute Gasteiger partial charge is 0.468 e. The maximum Gasteiger partial charge on any atom is 0.329 e. The van der Waals surface area contributed by atoms with E-state index < -0.39 is 5.97 Å². The van der Waals surface area contributed by atoms with Crippen LogP contribution in [0.1, 0.15) is 26.7 Å². The van der Waals surface area contributed by atoms with Gasteiger partial charge in [-0.1, -0.05) is 26.7 Å². The van der Waals surface area contributed by atoms with Crippen molar-refractivity contribution in [3.8, 4) is 0 Å². The lowest BCUT2D eigenvalue weighted by atomic mass is 10.0. The zero-order valence-electron chi connectivity index (χ0n) is 11.7. The fourth-order valence-electron chi connectivity index (χ4n) is 1.82. The van der Waals surface area contributed by atoms with E-state index in [1.54, 1.807) is 6.20 Å². The highest BCUT2D eigenvalue weighted by molar-refractivity contribution is 5.82. The number of hydrogen-bond acceptors (Lipinski definition) is 4. The maximum atomic E-state index is 12.3. The number of aromatic nitrogens is 2. The fraction of sp³-hybridized carbons (Fsp3) is 0.615. The lowest BCUT2D eigenvalue weighted by molar-refractivity contribution is -0.141. The van der Waals surface area contributed by atoms with Crippen molar-refractivity contribution in [1.29, 1.82) is 0 Å². The molecule has 6 nitrogen and oxygen atoms in total. The molecule has 19 heavy (non-hydrogen) atoms. The molecule has 6 heteroatoms. The Morgan fingerprint density at radius 3 is 2.53 bits per heavy atom. The molecule has 1 aromatic rings. The fourth-order valence-corrected chi connectivity index (χ4v) is 1.82. The van der Waals surface area contributed by atoms with Crippen molar-refractivity contribution < 1.29 is 14.3 Å². The third-order valence-electron chi connectivity index (χ3n) is 3.18. The van der Waals surface area contributed by atoms with Crippen LogP contribution in [-0.2, 0) is 9.53 Å². The van der Waals surface area contributed by atoms with Crippen molar-refractivity contribution >= 4 is 12.0 Å². The van der Waals surface area contributed by atoms with Crippen LogP contribution < -0.4 is 0 Å². The van der Waals surface area contributed by atoms with Gasteiger partial charge in [0.05, 0.1) is 7.11 Å². The van der Waals surface area contributed by atoms with Gasteiger partial charge in [0.1, 0.15) is 12.9 Å². The number of esters is 1. The summed E-state index contributed by atoms with van der Waals surface area (Å²) in [6, 6.07) is -0.255. The monoisotopic (exact) mass is 267 g/mol. The van der Waals surface area contributed by atoms with Crippen molar-refractivity contribution in [2.75, 3.05) is 20.2 Å². The van der Waals surface area contributed by atoms with Crippen molar-refractivity contribution in [2.24, 2.45) is 5.92 Å². The van der Waals surface area contributed by atoms with Gasteiger partial charge in [-0.25, -0.2) is 9.78 Å². The summed E-state index contributed by atoms with van der Waals surface area (Å²) in [6.07, 6.45) is 6.46. The minimum Gasteiger partial charge on any atom is -0.468 e. The second-order valence-corrected chi connectivity index (χ2v) is 4.39. The first-order valence-electron chi connectivity index (χ1n) is 6.46. The van der Waals surface area contributed by atoms with E-state index in [1.807, 2.05) is 0 Å². The van der Waals surface area contributed by atoms with Gasteiger partial charge in [0.25, 0.3) is 0 Å². The molecule has 0 aliphatic rings. The zero-order valence-corrected chi connectivity index (χ0v) is 11.7. The van der Waals surface area contributed by atoms with Gasteiger partial charge in [-0.3, -0.25) is 9.36 Å². The van der Waals surface area contributed by atoms with Crippen molar-refractivity contribution in [3.05, 3.63) is 18.7 Å². The second kappa shape index (κ2) is 7.56. The van der Waals surface area contributed by atoms with Crippen molar-refractivity contribution in [2.45, 2.75) is 26.7 Å². The van der Waals surface area contributed by atoms with Gasteiger partial charge in [0.15, 0.2) is 0 Å². The number of ether oxygens (including phenoxy) is 1. The lowest BCUT2D eigenvalue weighted by Crippen LogP contribution is -2.41. The molecule has 0 N–H and O–H groups in total. The molecule has 0 radical (unpaired) electrons. The Morgan fingerprint density at radius 1 is 1.37 bits per heavy atom. The number of hydrogen-bond donors (Lipinski definition) is 0. The van der Waals surface area contributed by atoms with Gasteiger partial charge < -0.3 is 9.64 Å². The summed E-state index contributed by atoms with van der Waals surface area (Å²) < 4.78 is 6.01. The third kappa shape index (κ3) is 4.39. The van der Waals surface area contributed by atoms with Gasteiger partial charge in [-0.2, -0.15) is 0 Å². The molecule has 0 saturated carbocycles. The second-order valence-electron chi connectivity index (χ2n) is 4.39. The quantitative estimate of drug-likeness (QED) is 0.737. The van der Waals surface area contributed by atoms with Crippen molar-refractivity contribution in [3.63, 3.8) is 0 Å². The predicted molar refractivity (Wildman–Crippen MR) is 70.7 cm³/mol. The standard InChI is InChI=1S/C13H21N3O3/c1-4-11(5-2)8-16(9-12(17)19-3)13(18)15-7-6-14-10-15/h6-7,10-11H,4-5,8-9H2,1-3H3. The van der Waals surface area contributed by atoms with E-state index in [2.05, 4.69) is 23.6 Å². The summed E-state index contributed by atoms with van der Waals surface area (Å²) in [6.45, 7) is 4.65. The molecule has 0 bridgehead atoms. The molecule has 0 atom stereocenters. The Hall–Kier alpha value is -1.85. The molecule has 0 aromatic carbocycles. The van der Waals surface area contributed by atoms with E-state index in [-0.39, 0.29) is 12.6 Å². The SMILES string of the molecule is CCC(CC)CN(CC(=O)OC)C(=O)n1ccnc1. The lowest BCUT2D eigenvalue weighted by Gasteiger charge is -2.25. The third-order valence-corrected chi connectivity index (χ3v) is 3.18. The first-order valence-corrected chi connectivity index (χ1v) is 6.46. The van der Waals surface area contributed by atoms with Gasteiger partial charge in [-0.15, -0.1) is 0 Å². The van der Waals surface area contributed by atoms with E-state index in [4.69, 9.17) is 0 Å². The van der Waals surface area contributed by atoms with Gasteiger partial charge in [-0.05, 0) is 5.92 Å². The Kier molecular flexibility index (Phi) is 6.05. The number of carbonyl (C=O) groups is 2. The topological polar surface area (TPSA) is 64.4 Å². The van der Waals surface area contributed by atoms with Crippen LogP contribution in [0.2, 0.25) is 0 Å². The Morgan fingerprint density at radius 2 is 2.05 bits per heavy atom. The van der Waals surface area contributed by atoms with Crippen LogP contribution in [0.15, 0.2) is 18.7 Å². The average molecular weight is 267 g/mol. The summed E-state index contributed by atoms with van der Waals surface area (Å²) in [7, 11) is 1.32. The summed E-state index contributed by atoms with van der Waals surface area (Å²) in [4.78, 5) is 29.0. The molecular weight excluding hydrogens is 246 g/mol. The molecule has 0 unspecified atom stereocenters. The summed E-state index contributed by atoms with van der Waals surface area (Å²) in [5, 5.41) is 0. The number of carbonyl (C=O) groups excluding carboxylic acids is 2. The number of rotatable bonds is 6. The van der Waals surface area contributed by atoms with Crippen LogP contribution in [0.3, 0.4) is 0 Å². The highest BCUT2D eigenvalue weighted by Gasteiger charge is 2.21. The smallest absolute Gasteiger partial charge is 0.329 e. The Balaban J connectivity index is 2.79. The van der Waals surface area contributed by atoms with Crippen LogP contribution in [0.5, 0.6) is 0 Å². The highest BCUT2D eigenvalue weighted by Crippen LogP contribution is 2.11. The minimum atomic E-state index is -0.417. The van der Waals surface area contributed by atoms with Gasteiger partial charge >= 0.3 is 12.0 Å². The average Bonchev–Trinajstić information content (AvgIpc) is 2.96. The first kappa shape index (κ1) is 15.2. The molecule has 0 aliphatic carbocycles. The molecule has 1 aromatic heterocycles. The molecule has 106 valence electrons. The van der Waals surface area contributed by atoms with Gasteiger partial charge in [0, 0.05) is 18.9 Å². The maximum absolute atomic E-state index is 12.3. The van der Waals surface area contributed by atoms with E-state index in [1.165, 1.54) is 29.1 Å². The highest BCUT2D eigenvalue weighted by atomic mass is 16.5. The number of imidazole rings is 1. The normalized spacial score (nSPS) is 10.5. The zero-order chi connectivity index (χ0) is 14.3. The number of amides is 1. The molecule has 0 spiro atoms. The molecule has 0 saturated heterocycles. The molecule has 0 fully saturated rings. The Labute approximate surface area is 113 Å². The van der Waals surface area contributed by atoms with E-state index in [0.717, 1.165) is 12.8 Å². The summed E-state index contributed by atoms with van der Waals surface area (Å²) in [5.41, 5.74) is 0. The van der Waals surface area contributed by atoms with E-state index >= 15 is 0 Å². The van der Waals surface area contributed by atoms with Crippen LogP contribution in [-0.4, -0.2) is 46.7 Å². The van der Waals surface area contributed by atoms with E-state index in [0.29, 0.717) is 12.5 Å². The molecule has 1 amide bonds. The summed E-state index contributed by atoms with van der Waals surface area (Å²) >= 11 is 0.